The third-order valence-corrected chi connectivity index (χ3v) is 3.60. The van der Waals surface area contributed by atoms with Crippen molar-refractivity contribution in [1.29, 1.82) is 0 Å². The minimum absolute atomic E-state index is 1.16. The van der Waals surface area contributed by atoms with Crippen molar-refractivity contribution in [3.05, 3.63) is 28.8 Å². The molecule has 0 aliphatic rings. The third-order valence-electron chi connectivity index (χ3n) is 2.62. The van der Waals surface area contributed by atoms with Crippen molar-refractivity contribution in [2.75, 3.05) is 0 Å². The fourth-order valence-electron chi connectivity index (χ4n) is 1.92. The molecule has 0 aliphatic heterocycles. The average molecular weight is 234 g/mol. The van der Waals surface area contributed by atoms with Crippen molar-refractivity contribution in [3.63, 3.8) is 0 Å². The molecule has 0 unspecified atom stereocenters. The van der Waals surface area contributed by atoms with Crippen LogP contribution in [0, 0.1) is 0 Å². The van der Waals surface area contributed by atoms with Crippen LogP contribution in [0.3, 0.4) is 0 Å². The quantitative estimate of drug-likeness (QED) is 0.703. The van der Waals surface area contributed by atoms with Gasteiger partial charge in [-0.05, 0) is 0 Å². The van der Waals surface area contributed by atoms with E-state index in [1.165, 1.54) is 22.8 Å². The fourth-order valence-corrected chi connectivity index (χ4v) is 2.78. The van der Waals surface area contributed by atoms with E-state index < -0.39 is 0 Å². The molecule has 69 valence electrons. The van der Waals surface area contributed by atoms with Crippen LogP contribution in [0.2, 0.25) is 0 Å². The topological polar surface area (TPSA) is 0 Å². The first kappa shape index (κ1) is 10.8. The van der Waals surface area contributed by atoms with Gasteiger partial charge in [-0.3, -0.25) is 0 Å². The first-order chi connectivity index (χ1) is 6.24. The zero-order valence-corrected chi connectivity index (χ0v) is 10.9. The van der Waals surface area contributed by atoms with E-state index in [-0.39, 0.29) is 0 Å². The number of hydrogen-bond acceptors (Lipinski definition) is 0. The van der Waals surface area contributed by atoms with Crippen LogP contribution in [0.4, 0.5) is 0 Å². The van der Waals surface area contributed by atoms with Crippen LogP contribution in [-0.4, -0.2) is 16.5 Å². The molecule has 13 heavy (non-hydrogen) atoms. The van der Waals surface area contributed by atoms with Gasteiger partial charge in [-0.15, -0.1) is 0 Å². The van der Waals surface area contributed by atoms with Gasteiger partial charge in [0.1, 0.15) is 0 Å². The molecular weight excluding hydrogens is 217 g/mol. The molecule has 0 aromatic heterocycles. The zero-order valence-electron chi connectivity index (χ0n) is 8.78. The van der Waals surface area contributed by atoms with E-state index >= 15 is 0 Å². The molecule has 0 N–H and O–H groups in total. The van der Waals surface area contributed by atoms with Gasteiger partial charge in [0, 0.05) is 0 Å². The molecule has 0 amide bonds. The summed E-state index contributed by atoms with van der Waals surface area (Å²) in [6, 6.07) is 4.55. The van der Waals surface area contributed by atoms with Crippen molar-refractivity contribution >= 4 is 20.9 Å². The van der Waals surface area contributed by atoms with Crippen molar-refractivity contribution < 1.29 is 0 Å². The van der Waals surface area contributed by atoms with Crippen LogP contribution in [0.25, 0.3) is 0 Å². The second-order valence-corrected chi connectivity index (χ2v) is 4.42. The molecule has 0 bridgehead atoms. The summed E-state index contributed by atoms with van der Waals surface area (Å²) in [5.41, 5.74) is 4.69. The Morgan fingerprint density at radius 3 is 2.00 bits per heavy atom. The number of rotatable bonds is 3. The Labute approximate surface area is 90.0 Å². The van der Waals surface area contributed by atoms with Crippen molar-refractivity contribution in [2.45, 2.75) is 40.0 Å². The monoisotopic (exact) mass is 235 g/mol. The van der Waals surface area contributed by atoms with Crippen LogP contribution in [0.15, 0.2) is 12.1 Å². The summed E-state index contributed by atoms with van der Waals surface area (Å²) >= 11 is 2.22. The van der Waals surface area contributed by atoms with Gasteiger partial charge in [-0.25, -0.2) is 0 Å². The summed E-state index contributed by atoms with van der Waals surface area (Å²) in [6.45, 7) is 6.75. The van der Waals surface area contributed by atoms with E-state index in [1.54, 1.807) is 11.1 Å². The molecular formula is C12H17Ge. The SMILES string of the molecule is CCc1cc[c]([Ge])c(CC)c1CC. The molecule has 0 saturated carbocycles. The van der Waals surface area contributed by atoms with Crippen molar-refractivity contribution in [3.8, 4) is 0 Å². The number of aryl methyl sites for hydroxylation is 1. The Bertz CT molecular complexity index is 289. The normalized spacial score (nSPS) is 10.5. The molecule has 0 heterocycles. The predicted octanol–water partition coefficient (Wildman–Crippen LogP) is 2.17. The van der Waals surface area contributed by atoms with Crippen LogP contribution in [-0.2, 0) is 19.3 Å². The standard InChI is InChI=1S/C12H17Ge/c1-4-9-7-8-12(13)11(6-3)10(9)5-2/h7-8H,4-6H2,1-3H3. The van der Waals surface area contributed by atoms with E-state index in [0.717, 1.165) is 6.42 Å². The third kappa shape index (κ3) is 2.16. The summed E-state index contributed by atoms with van der Waals surface area (Å²) in [7, 11) is 0. The van der Waals surface area contributed by atoms with E-state index in [2.05, 4.69) is 49.4 Å². The van der Waals surface area contributed by atoms with E-state index in [1.807, 2.05) is 0 Å². The van der Waals surface area contributed by atoms with Gasteiger partial charge in [0.25, 0.3) is 0 Å². The van der Waals surface area contributed by atoms with E-state index in [4.69, 9.17) is 0 Å². The fraction of sp³-hybridized carbons (Fsp3) is 0.500. The average Bonchev–Trinajstić information content (AvgIpc) is 2.17. The van der Waals surface area contributed by atoms with Gasteiger partial charge in [0.05, 0.1) is 0 Å². The van der Waals surface area contributed by atoms with Crippen LogP contribution in [0.5, 0.6) is 0 Å². The Hall–Kier alpha value is -0.237. The van der Waals surface area contributed by atoms with Gasteiger partial charge in [0.2, 0.25) is 0 Å². The zero-order chi connectivity index (χ0) is 9.84. The van der Waals surface area contributed by atoms with E-state index in [0.29, 0.717) is 0 Å². The minimum atomic E-state index is 1.16. The van der Waals surface area contributed by atoms with Crippen LogP contribution < -0.4 is 4.40 Å². The molecule has 1 heteroatoms. The van der Waals surface area contributed by atoms with Crippen molar-refractivity contribution in [2.24, 2.45) is 0 Å². The van der Waals surface area contributed by atoms with Gasteiger partial charge in [-0.2, -0.15) is 0 Å². The molecule has 1 aromatic carbocycles. The summed E-state index contributed by atoms with van der Waals surface area (Å²) in [5, 5.41) is 0. The first-order valence-corrected chi connectivity index (χ1v) is 6.14. The number of benzene rings is 1. The summed E-state index contributed by atoms with van der Waals surface area (Å²) < 4.78 is 1.46. The second-order valence-electron chi connectivity index (χ2n) is 3.29. The molecule has 3 radical (unpaired) electrons. The Balaban J connectivity index is 3.27. The maximum atomic E-state index is 2.29. The van der Waals surface area contributed by atoms with Gasteiger partial charge in [0.15, 0.2) is 0 Å². The van der Waals surface area contributed by atoms with Crippen LogP contribution >= 0.6 is 0 Å². The Kier molecular flexibility index (Phi) is 4.04. The van der Waals surface area contributed by atoms with Crippen LogP contribution in [0.1, 0.15) is 37.5 Å². The van der Waals surface area contributed by atoms with Gasteiger partial charge in [-0.1, -0.05) is 0 Å². The molecule has 0 nitrogen and oxygen atoms in total. The molecule has 0 aliphatic carbocycles. The summed E-state index contributed by atoms with van der Waals surface area (Å²) in [5.74, 6) is 0. The van der Waals surface area contributed by atoms with Crippen molar-refractivity contribution in [1.82, 2.24) is 0 Å². The first-order valence-electron chi connectivity index (χ1n) is 5.09. The second kappa shape index (κ2) is 4.85. The summed E-state index contributed by atoms with van der Waals surface area (Å²) in [4.78, 5) is 0. The summed E-state index contributed by atoms with van der Waals surface area (Å²) in [6.07, 6.45) is 3.51. The molecule has 1 aromatic rings. The Morgan fingerprint density at radius 1 is 0.923 bits per heavy atom. The van der Waals surface area contributed by atoms with E-state index in [9.17, 15) is 0 Å². The molecule has 0 spiro atoms. The number of hydrogen-bond donors (Lipinski definition) is 0. The maximum absolute atomic E-state index is 2.29. The molecule has 0 atom stereocenters. The predicted molar refractivity (Wildman–Crippen MR) is 60.0 cm³/mol. The molecule has 0 fully saturated rings. The molecule has 0 saturated heterocycles. The molecule has 1 rings (SSSR count). The Morgan fingerprint density at radius 2 is 1.54 bits per heavy atom. The van der Waals surface area contributed by atoms with Gasteiger partial charge < -0.3 is 0 Å². The van der Waals surface area contributed by atoms with Gasteiger partial charge >= 0.3 is 89.8 Å².